The molecule has 3 nitrogen and oxygen atoms in total. The van der Waals surface area contributed by atoms with Crippen molar-refractivity contribution in [1.29, 1.82) is 0 Å². The first-order chi connectivity index (χ1) is 5.09. The summed E-state index contributed by atoms with van der Waals surface area (Å²) in [6.45, 7) is 6.67. The van der Waals surface area contributed by atoms with Gasteiger partial charge in [0.05, 0.1) is 0 Å². The van der Waals surface area contributed by atoms with E-state index in [0.717, 1.165) is 11.1 Å². The summed E-state index contributed by atoms with van der Waals surface area (Å²) in [5.74, 6) is -0.0181. The highest BCUT2D eigenvalue weighted by Crippen LogP contribution is 2.00. The van der Waals surface area contributed by atoms with Crippen LogP contribution in [0.2, 0.25) is 0 Å². The van der Waals surface area contributed by atoms with Crippen LogP contribution in [0.3, 0.4) is 0 Å². The molecule has 0 fully saturated rings. The van der Waals surface area contributed by atoms with Crippen molar-refractivity contribution >= 4 is 5.91 Å². The molecule has 64 valence electrons. The van der Waals surface area contributed by atoms with Crippen molar-refractivity contribution in [2.24, 2.45) is 5.73 Å². The van der Waals surface area contributed by atoms with Crippen LogP contribution in [0.1, 0.15) is 20.8 Å². The molecule has 0 aromatic rings. The second-order valence-corrected chi connectivity index (χ2v) is 2.67. The number of hydrogen-bond donors (Lipinski definition) is 2. The van der Waals surface area contributed by atoms with Gasteiger partial charge in [-0.1, -0.05) is 5.57 Å². The molecule has 0 atom stereocenters. The molecular weight excluding hydrogens is 140 g/mol. The molecule has 0 spiro atoms. The first kappa shape index (κ1) is 10.2. The second kappa shape index (κ2) is 4.91. The number of carbonyl (C=O) groups is 1. The zero-order valence-electron chi connectivity index (χ0n) is 7.40. The minimum Gasteiger partial charge on any atom is -0.351 e. The summed E-state index contributed by atoms with van der Waals surface area (Å²) in [4.78, 5) is 11.1. The Morgan fingerprint density at radius 1 is 1.36 bits per heavy atom. The monoisotopic (exact) mass is 156 g/mol. The zero-order chi connectivity index (χ0) is 8.85. The van der Waals surface area contributed by atoms with E-state index >= 15 is 0 Å². The highest BCUT2D eigenvalue weighted by molar-refractivity contribution is 5.93. The minimum atomic E-state index is -0.0181. The van der Waals surface area contributed by atoms with Crippen molar-refractivity contribution < 1.29 is 4.79 Å². The van der Waals surface area contributed by atoms with Crippen LogP contribution in [-0.2, 0) is 4.79 Å². The van der Waals surface area contributed by atoms with Crippen molar-refractivity contribution in [3.05, 3.63) is 11.1 Å². The average molecular weight is 156 g/mol. The number of rotatable bonds is 3. The fourth-order valence-corrected chi connectivity index (χ4v) is 0.545. The van der Waals surface area contributed by atoms with Crippen LogP contribution in [0.25, 0.3) is 0 Å². The first-order valence-corrected chi connectivity index (χ1v) is 3.72. The van der Waals surface area contributed by atoms with Gasteiger partial charge in [-0.3, -0.25) is 4.79 Å². The Morgan fingerprint density at radius 3 is 2.27 bits per heavy atom. The first-order valence-electron chi connectivity index (χ1n) is 3.72. The van der Waals surface area contributed by atoms with E-state index in [0.29, 0.717) is 13.1 Å². The lowest BCUT2D eigenvalue weighted by atomic mass is 10.2. The molecule has 0 aromatic carbocycles. The van der Waals surface area contributed by atoms with Gasteiger partial charge in [-0.2, -0.15) is 0 Å². The van der Waals surface area contributed by atoms with Crippen LogP contribution < -0.4 is 11.1 Å². The van der Waals surface area contributed by atoms with E-state index < -0.39 is 0 Å². The Morgan fingerprint density at radius 2 is 1.91 bits per heavy atom. The van der Waals surface area contributed by atoms with Gasteiger partial charge in [0.2, 0.25) is 5.91 Å². The number of carbonyl (C=O) groups excluding carboxylic acids is 1. The van der Waals surface area contributed by atoms with Crippen LogP contribution in [-0.4, -0.2) is 19.0 Å². The third-order valence-corrected chi connectivity index (χ3v) is 1.52. The Kier molecular flexibility index (Phi) is 4.54. The maximum absolute atomic E-state index is 11.1. The molecule has 0 aliphatic heterocycles. The Hall–Kier alpha value is -0.830. The largest absolute Gasteiger partial charge is 0.351 e. The molecule has 11 heavy (non-hydrogen) atoms. The summed E-state index contributed by atoms with van der Waals surface area (Å²) in [7, 11) is 0. The third-order valence-electron chi connectivity index (χ3n) is 1.52. The lowest BCUT2D eigenvalue weighted by Crippen LogP contribution is -2.29. The normalized spacial score (nSPS) is 9.09. The molecule has 0 rings (SSSR count). The maximum atomic E-state index is 11.1. The lowest BCUT2D eigenvalue weighted by molar-refractivity contribution is -0.117. The smallest absolute Gasteiger partial charge is 0.246 e. The predicted molar refractivity (Wildman–Crippen MR) is 46.1 cm³/mol. The Labute approximate surface area is 67.7 Å². The molecule has 0 aliphatic carbocycles. The van der Waals surface area contributed by atoms with Crippen molar-refractivity contribution in [3.63, 3.8) is 0 Å². The van der Waals surface area contributed by atoms with Gasteiger partial charge in [0.25, 0.3) is 0 Å². The zero-order valence-corrected chi connectivity index (χ0v) is 7.40. The van der Waals surface area contributed by atoms with Gasteiger partial charge in [0, 0.05) is 18.7 Å². The van der Waals surface area contributed by atoms with Gasteiger partial charge in [-0.25, -0.2) is 0 Å². The van der Waals surface area contributed by atoms with E-state index in [1.165, 1.54) is 0 Å². The standard InChI is InChI=1S/C8H16N2O/c1-6(2)7(3)8(11)10-5-4-9/h4-5,9H2,1-3H3,(H,10,11). The van der Waals surface area contributed by atoms with E-state index in [9.17, 15) is 4.79 Å². The number of hydrogen-bond acceptors (Lipinski definition) is 2. The van der Waals surface area contributed by atoms with E-state index in [1.807, 2.05) is 13.8 Å². The molecule has 0 saturated heterocycles. The highest BCUT2D eigenvalue weighted by atomic mass is 16.1. The summed E-state index contributed by atoms with van der Waals surface area (Å²) in [5.41, 5.74) is 7.04. The molecule has 0 aliphatic rings. The summed E-state index contributed by atoms with van der Waals surface area (Å²) in [5, 5.41) is 2.69. The molecule has 1 amide bonds. The molecule has 3 heteroatoms. The summed E-state index contributed by atoms with van der Waals surface area (Å²) >= 11 is 0. The Bertz CT molecular complexity index is 169. The van der Waals surface area contributed by atoms with E-state index in [2.05, 4.69) is 5.32 Å². The maximum Gasteiger partial charge on any atom is 0.246 e. The van der Waals surface area contributed by atoms with Crippen LogP contribution in [0.15, 0.2) is 11.1 Å². The number of nitrogens with two attached hydrogens (primary N) is 1. The minimum absolute atomic E-state index is 0.0181. The quantitative estimate of drug-likeness (QED) is 0.582. The molecular formula is C8H16N2O. The van der Waals surface area contributed by atoms with Gasteiger partial charge >= 0.3 is 0 Å². The summed E-state index contributed by atoms with van der Waals surface area (Å²) < 4.78 is 0. The van der Waals surface area contributed by atoms with Crippen LogP contribution in [0, 0.1) is 0 Å². The topological polar surface area (TPSA) is 55.1 Å². The fourth-order valence-electron chi connectivity index (χ4n) is 0.545. The van der Waals surface area contributed by atoms with Crippen molar-refractivity contribution in [3.8, 4) is 0 Å². The fraction of sp³-hybridized carbons (Fsp3) is 0.625. The molecule has 0 aromatic heterocycles. The van der Waals surface area contributed by atoms with Crippen LogP contribution in [0.5, 0.6) is 0 Å². The van der Waals surface area contributed by atoms with Crippen LogP contribution >= 0.6 is 0 Å². The predicted octanol–water partition coefficient (Wildman–Crippen LogP) is 0.418. The second-order valence-electron chi connectivity index (χ2n) is 2.67. The molecule has 3 N–H and O–H groups in total. The lowest BCUT2D eigenvalue weighted by Gasteiger charge is -2.04. The molecule has 0 saturated carbocycles. The van der Waals surface area contributed by atoms with E-state index in [-0.39, 0.29) is 5.91 Å². The summed E-state index contributed by atoms with van der Waals surface area (Å²) in [6, 6.07) is 0. The Balaban J connectivity index is 3.95. The SMILES string of the molecule is CC(C)=C(C)C(=O)NCCN. The van der Waals surface area contributed by atoms with Crippen molar-refractivity contribution in [2.75, 3.05) is 13.1 Å². The number of allylic oxidation sites excluding steroid dienone is 1. The number of nitrogens with one attached hydrogen (secondary N) is 1. The van der Waals surface area contributed by atoms with Gasteiger partial charge < -0.3 is 11.1 Å². The molecule has 0 unspecified atom stereocenters. The van der Waals surface area contributed by atoms with Gasteiger partial charge in [-0.15, -0.1) is 0 Å². The molecule has 0 radical (unpaired) electrons. The highest BCUT2D eigenvalue weighted by Gasteiger charge is 2.02. The van der Waals surface area contributed by atoms with Crippen molar-refractivity contribution in [2.45, 2.75) is 20.8 Å². The van der Waals surface area contributed by atoms with Crippen LogP contribution in [0.4, 0.5) is 0 Å². The molecule has 0 bridgehead atoms. The molecule has 0 heterocycles. The van der Waals surface area contributed by atoms with Gasteiger partial charge in [0.1, 0.15) is 0 Å². The van der Waals surface area contributed by atoms with E-state index in [4.69, 9.17) is 5.73 Å². The third kappa shape index (κ3) is 3.78. The summed E-state index contributed by atoms with van der Waals surface area (Å²) in [6.07, 6.45) is 0. The number of amides is 1. The van der Waals surface area contributed by atoms with Gasteiger partial charge in [-0.05, 0) is 20.8 Å². The van der Waals surface area contributed by atoms with Gasteiger partial charge in [0.15, 0.2) is 0 Å². The van der Waals surface area contributed by atoms with E-state index in [1.54, 1.807) is 6.92 Å². The van der Waals surface area contributed by atoms with Crippen molar-refractivity contribution in [1.82, 2.24) is 5.32 Å². The average Bonchev–Trinajstić information content (AvgIpc) is 1.98.